The highest BCUT2D eigenvalue weighted by Gasteiger charge is 2.10. The topological polar surface area (TPSA) is 54.0 Å². The van der Waals surface area contributed by atoms with E-state index in [-0.39, 0.29) is 5.69 Å². The van der Waals surface area contributed by atoms with Gasteiger partial charge in [-0.2, -0.15) is 0 Å². The van der Waals surface area contributed by atoms with Crippen molar-refractivity contribution in [2.45, 2.75) is 0 Å². The van der Waals surface area contributed by atoms with Crippen molar-refractivity contribution in [1.29, 1.82) is 0 Å². The van der Waals surface area contributed by atoms with Crippen molar-refractivity contribution in [1.82, 2.24) is 4.98 Å². The number of nitrogens with one attached hydrogen (secondary N) is 2. The van der Waals surface area contributed by atoms with Crippen LogP contribution in [0.3, 0.4) is 0 Å². The lowest BCUT2D eigenvalue weighted by Gasteiger charge is -2.05. The van der Waals surface area contributed by atoms with E-state index in [4.69, 9.17) is 0 Å². The Morgan fingerprint density at radius 3 is 2.73 bits per heavy atom. The molecular weight excluding hydrogens is 389 g/mol. The van der Waals surface area contributed by atoms with Gasteiger partial charge in [-0.15, -0.1) is 22.7 Å². The number of thiazole rings is 1. The van der Waals surface area contributed by atoms with Gasteiger partial charge in [-0.05, 0) is 40.2 Å². The van der Waals surface area contributed by atoms with Gasteiger partial charge < -0.3 is 5.32 Å². The highest BCUT2D eigenvalue weighted by atomic mass is 79.9. The number of para-hydroxylation sites is 1. The second kappa shape index (κ2) is 6.55. The number of rotatable bonds is 3. The normalized spacial score (nSPS) is 10.5. The Hall–Kier alpha value is -1.77. The third-order valence-corrected chi connectivity index (χ3v) is 5.08. The molecule has 112 valence electrons. The highest BCUT2D eigenvalue weighted by Crippen LogP contribution is 2.33. The van der Waals surface area contributed by atoms with Gasteiger partial charge >= 0.3 is 6.03 Å². The SMILES string of the molecule is O=C(Nc1nc(-c2ccc(Br)s2)cs1)Nc1ccccc1F. The van der Waals surface area contributed by atoms with Crippen molar-refractivity contribution < 1.29 is 9.18 Å². The Morgan fingerprint density at radius 2 is 2.00 bits per heavy atom. The number of carbonyl (C=O) groups is 1. The molecule has 0 spiro atoms. The Bertz CT molecular complexity index is 818. The molecular formula is C14H9BrFN3OS2. The number of halogens is 2. The lowest BCUT2D eigenvalue weighted by Crippen LogP contribution is -2.19. The van der Waals surface area contributed by atoms with E-state index in [1.807, 2.05) is 17.5 Å². The van der Waals surface area contributed by atoms with Crippen LogP contribution < -0.4 is 10.6 Å². The summed E-state index contributed by atoms with van der Waals surface area (Å²) in [7, 11) is 0. The molecule has 0 saturated heterocycles. The molecule has 0 aliphatic rings. The monoisotopic (exact) mass is 397 g/mol. The maximum absolute atomic E-state index is 13.5. The van der Waals surface area contributed by atoms with E-state index in [2.05, 4.69) is 31.5 Å². The molecule has 0 atom stereocenters. The van der Waals surface area contributed by atoms with Gasteiger partial charge in [0.2, 0.25) is 0 Å². The fraction of sp³-hybridized carbons (Fsp3) is 0. The zero-order valence-corrected chi connectivity index (χ0v) is 14.2. The van der Waals surface area contributed by atoms with Gasteiger partial charge in [0.05, 0.1) is 20.0 Å². The lowest BCUT2D eigenvalue weighted by molar-refractivity contribution is 0.262. The van der Waals surface area contributed by atoms with E-state index in [1.54, 1.807) is 23.5 Å². The zero-order valence-electron chi connectivity index (χ0n) is 11.0. The number of nitrogens with zero attached hydrogens (tertiary/aromatic N) is 1. The summed E-state index contributed by atoms with van der Waals surface area (Å²) >= 11 is 6.27. The number of urea groups is 1. The van der Waals surface area contributed by atoms with Crippen LogP contribution in [0, 0.1) is 5.82 Å². The van der Waals surface area contributed by atoms with Crippen LogP contribution in [0.4, 0.5) is 20.0 Å². The first-order valence-electron chi connectivity index (χ1n) is 6.15. The van der Waals surface area contributed by atoms with Gasteiger partial charge in [0.1, 0.15) is 5.82 Å². The third-order valence-electron chi connectivity index (χ3n) is 2.67. The van der Waals surface area contributed by atoms with Crippen molar-refractivity contribution >= 4 is 55.5 Å². The maximum atomic E-state index is 13.5. The first kappa shape index (κ1) is 15.1. The number of thiophene rings is 1. The molecule has 2 aromatic heterocycles. The minimum absolute atomic E-state index is 0.124. The van der Waals surface area contributed by atoms with Crippen LogP contribution in [0.2, 0.25) is 0 Å². The van der Waals surface area contributed by atoms with Crippen LogP contribution in [0.1, 0.15) is 0 Å². The summed E-state index contributed by atoms with van der Waals surface area (Å²) in [5.41, 5.74) is 0.917. The first-order valence-corrected chi connectivity index (χ1v) is 8.64. The standard InChI is InChI=1S/C14H9BrFN3OS2/c15-12-6-5-11(22-12)10-7-21-14(18-10)19-13(20)17-9-4-2-1-3-8(9)16/h1-7H,(H2,17,18,19,20). The van der Waals surface area contributed by atoms with Gasteiger partial charge in [0.25, 0.3) is 0 Å². The number of benzene rings is 1. The number of amides is 2. The van der Waals surface area contributed by atoms with Gasteiger partial charge in [-0.3, -0.25) is 5.32 Å². The summed E-state index contributed by atoms with van der Waals surface area (Å²) in [5.74, 6) is -0.485. The predicted octanol–water partition coefficient (Wildman–Crippen LogP) is 5.42. The van der Waals surface area contributed by atoms with Crippen molar-refractivity contribution in [3.63, 3.8) is 0 Å². The molecule has 3 aromatic rings. The molecule has 0 aliphatic carbocycles. The summed E-state index contributed by atoms with van der Waals surface area (Å²) in [6.07, 6.45) is 0. The molecule has 4 nitrogen and oxygen atoms in total. The minimum Gasteiger partial charge on any atom is -0.305 e. The lowest BCUT2D eigenvalue weighted by atomic mass is 10.3. The third kappa shape index (κ3) is 3.52. The zero-order chi connectivity index (χ0) is 15.5. The van der Waals surface area contributed by atoms with Crippen molar-refractivity contribution in [3.05, 3.63) is 51.4 Å². The Kier molecular flexibility index (Phi) is 4.51. The number of anilines is 2. The predicted molar refractivity (Wildman–Crippen MR) is 92.2 cm³/mol. The molecule has 0 aliphatic heterocycles. The van der Waals surface area contributed by atoms with Gasteiger partial charge in [0, 0.05) is 5.38 Å². The molecule has 0 bridgehead atoms. The molecule has 8 heteroatoms. The van der Waals surface area contributed by atoms with E-state index in [0.717, 1.165) is 14.4 Å². The number of hydrogen-bond donors (Lipinski definition) is 2. The van der Waals surface area contributed by atoms with Crippen molar-refractivity contribution in [2.75, 3.05) is 10.6 Å². The number of aromatic nitrogens is 1. The molecule has 1 aromatic carbocycles. The second-order valence-corrected chi connectivity index (χ2v) is 7.52. The summed E-state index contributed by atoms with van der Waals surface area (Å²) < 4.78 is 14.5. The average Bonchev–Trinajstić information content (AvgIpc) is 3.10. The molecule has 3 rings (SSSR count). The highest BCUT2D eigenvalue weighted by molar-refractivity contribution is 9.11. The second-order valence-electron chi connectivity index (χ2n) is 4.20. The number of hydrogen-bond acceptors (Lipinski definition) is 4. The molecule has 0 radical (unpaired) electrons. The van der Waals surface area contributed by atoms with Crippen LogP contribution in [-0.2, 0) is 0 Å². The summed E-state index contributed by atoms with van der Waals surface area (Å²) in [6.45, 7) is 0. The van der Waals surface area contributed by atoms with Crippen LogP contribution in [0.5, 0.6) is 0 Å². The molecule has 0 unspecified atom stereocenters. The fourth-order valence-corrected chi connectivity index (χ4v) is 3.84. The van der Waals surface area contributed by atoms with Gasteiger partial charge in [-0.25, -0.2) is 14.2 Å². The van der Waals surface area contributed by atoms with E-state index < -0.39 is 11.8 Å². The Morgan fingerprint density at radius 1 is 1.18 bits per heavy atom. The van der Waals surface area contributed by atoms with Gasteiger partial charge in [-0.1, -0.05) is 12.1 Å². The van der Waals surface area contributed by atoms with Crippen LogP contribution in [0.25, 0.3) is 10.6 Å². The Labute approximate surface area is 142 Å². The summed E-state index contributed by atoms with van der Waals surface area (Å²) in [5, 5.41) is 7.36. The number of carbonyl (C=O) groups excluding carboxylic acids is 1. The van der Waals surface area contributed by atoms with Gasteiger partial charge in [0.15, 0.2) is 5.13 Å². The molecule has 2 heterocycles. The van der Waals surface area contributed by atoms with Crippen LogP contribution in [-0.4, -0.2) is 11.0 Å². The molecule has 0 saturated carbocycles. The van der Waals surface area contributed by atoms with E-state index in [0.29, 0.717) is 5.13 Å². The largest absolute Gasteiger partial charge is 0.325 e. The summed E-state index contributed by atoms with van der Waals surface area (Å²) in [4.78, 5) is 17.2. The van der Waals surface area contributed by atoms with E-state index >= 15 is 0 Å². The van der Waals surface area contributed by atoms with Crippen molar-refractivity contribution in [2.24, 2.45) is 0 Å². The van der Waals surface area contributed by atoms with E-state index in [1.165, 1.54) is 23.5 Å². The molecule has 2 amide bonds. The minimum atomic E-state index is -0.529. The molecule has 22 heavy (non-hydrogen) atoms. The quantitative estimate of drug-likeness (QED) is 0.619. The smallest absolute Gasteiger partial charge is 0.305 e. The fourth-order valence-electron chi connectivity index (χ4n) is 1.71. The van der Waals surface area contributed by atoms with Crippen molar-refractivity contribution in [3.8, 4) is 10.6 Å². The molecule has 0 fully saturated rings. The molecule has 2 N–H and O–H groups in total. The maximum Gasteiger partial charge on any atom is 0.325 e. The van der Waals surface area contributed by atoms with Crippen LogP contribution in [0.15, 0.2) is 45.6 Å². The first-order chi connectivity index (χ1) is 10.6. The van der Waals surface area contributed by atoms with E-state index in [9.17, 15) is 9.18 Å². The van der Waals surface area contributed by atoms with Crippen LogP contribution >= 0.6 is 38.6 Å². The summed E-state index contributed by atoms with van der Waals surface area (Å²) in [6, 6.07) is 9.35. The Balaban J connectivity index is 1.67. The average molecular weight is 398 g/mol.